The molecular formula is C32H35N7O2. The van der Waals surface area contributed by atoms with Gasteiger partial charge in [-0.15, -0.1) is 5.10 Å². The lowest BCUT2D eigenvalue weighted by Crippen LogP contribution is -2.35. The summed E-state index contributed by atoms with van der Waals surface area (Å²) in [5, 5.41) is 14.2. The highest BCUT2D eigenvalue weighted by Crippen LogP contribution is 2.35. The Kier molecular flexibility index (Phi) is 7.61. The summed E-state index contributed by atoms with van der Waals surface area (Å²) < 4.78 is 7.36. The van der Waals surface area contributed by atoms with E-state index in [1.807, 2.05) is 41.2 Å². The van der Waals surface area contributed by atoms with Gasteiger partial charge in [0.15, 0.2) is 5.82 Å². The summed E-state index contributed by atoms with van der Waals surface area (Å²) in [6.07, 6.45) is 7.99. The van der Waals surface area contributed by atoms with Crippen molar-refractivity contribution in [1.82, 2.24) is 35.1 Å². The van der Waals surface area contributed by atoms with Gasteiger partial charge in [-0.1, -0.05) is 31.0 Å². The summed E-state index contributed by atoms with van der Waals surface area (Å²) >= 11 is 0. The van der Waals surface area contributed by atoms with Gasteiger partial charge in [0.1, 0.15) is 11.8 Å². The first-order valence-corrected chi connectivity index (χ1v) is 14.2. The third-order valence-electron chi connectivity index (χ3n) is 8.23. The molecule has 1 fully saturated rings. The van der Waals surface area contributed by atoms with Crippen LogP contribution in [0.5, 0.6) is 5.75 Å². The van der Waals surface area contributed by atoms with Crippen molar-refractivity contribution in [3.05, 3.63) is 111 Å². The molecule has 1 atom stereocenters. The third-order valence-corrected chi connectivity index (χ3v) is 8.23. The molecule has 210 valence electrons. The number of fused-ring (bicyclic) bond motifs is 1. The number of hydrogen-bond acceptors (Lipinski definition) is 7. The molecular weight excluding hydrogens is 514 g/mol. The van der Waals surface area contributed by atoms with Crippen LogP contribution >= 0.6 is 0 Å². The molecule has 0 saturated heterocycles. The van der Waals surface area contributed by atoms with Crippen LogP contribution in [0.4, 0.5) is 0 Å². The molecule has 0 aliphatic heterocycles. The maximum atomic E-state index is 13.9. The van der Waals surface area contributed by atoms with E-state index < -0.39 is 6.04 Å². The van der Waals surface area contributed by atoms with E-state index in [-0.39, 0.29) is 11.6 Å². The normalized spacial score (nSPS) is 14.6. The molecule has 41 heavy (non-hydrogen) atoms. The van der Waals surface area contributed by atoms with Crippen molar-refractivity contribution in [2.75, 3.05) is 7.11 Å². The molecule has 0 spiro atoms. The quantitative estimate of drug-likeness (QED) is 0.261. The lowest BCUT2D eigenvalue weighted by molar-refractivity contribution is 0.190. The number of aromatic amines is 1. The highest BCUT2D eigenvalue weighted by atomic mass is 16.5. The molecule has 0 amide bonds. The first kappa shape index (κ1) is 26.8. The van der Waals surface area contributed by atoms with Crippen molar-refractivity contribution in [2.45, 2.75) is 64.7 Å². The zero-order valence-electron chi connectivity index (χ0n) is 23.7. The predicted octanol–water partition coefficient (Wildman–Crippen LogP) is 5.44. The van der Waals surface area contributed by atoms with E-state index in [0.717, 1.165) is 59.0 Å². The van der Waals surface area contributed by atoms with Gasteiger partial charge in [0, 0.05) is 36.6 Å². The molecule has 1 N–H and O–H groups in total. The maximum Gasteiger partial charge on any atom is 0.253 e. The molecule has 6 rings (SSSR count). The molecule has 9 heteroatoms. The monoisotopic (exact) mass is 549 g/mol. The number of H-pyrrole nitrogens is 1. The van der Waals surface area contributed by atoms with Gasteiger partial charge in [-0.2, -0.15) is 0 Å². The summed E-state index contributed by atoms with van der Waals surface area (Å²) in [7, 11) is 1.66. The number of aromatic nitrogens is 6. The minimum Gasteiger partial charge on any atom is -0.497 e. The van der Waals surface area contributed by atoms with Crippen LogP contribution < -0.4 is 10.3 Å². The van der Waals surface area contributed by atoms with Gasteiger partial charge in [-0.05, 0) is 101 Å². The summed E-state index contributed by atoms with van der Waals surface area (Å²) in [4.78, 5) is 23.7. The SMILES string of the molecule is COc1ccc(CN(Cc2cccnc2)C(c2cc3cc(C)c(C)cc3[nH]c2=O)c2nnnn2C2CCCC2)cc1. The zero-order chi connectivity index (χ0) is 28.3. The summed E-state index contributed by atoms with van der Waals surface area (Å²) in [5.41, 5.74) is 5.74. The molecule has 1 aliphatic carbocycles. The number of tetrazole rings is 1. The number of ether oxygens (including phenoxy) is 1. The van der Waals surface area contributed by atoms with Gasteiger partial charge >= 0.3 is 0 Å². The molecule has 1 saturated carbocycles. The largest absolute Gasteiger partial charge is 0.497 e. The number of nitrogens with one attached hydrogen (secondary N) is 1. The number of aryl methyl sites for hydroxylation is 2. The number of methoxy groups -OCH3 is 1. The number of rotatable bonds is 9. The van der Waals surface area contributed by atoms with Crippen LogP contribution in [0, 0.1) is 13.8 Å². The average Bonchev–Trinajstić information content (AvgIpc) is 3.68. The Morgan fingerprint density at radius 3 is 2.51 bits per heavy atom. The molecule has 5 aromatic rings. The predicted molar refractivity (Wildman–Crippen MR) is 158 cm³/mol. The first-order chi connectivity index (χ1) is 20.0. The fourth-order valence-corrected chi connectivity index (χ4v) is 5.92. The maximum absolute atomic E-state index is 13.9. The Morgan fingerprint density at radius 2 is 1.78 bits per heavy atom. The second kappa shape index (κ2) is 11.6. The molecule has 9 nitrogen and oxygen atoms in total. The van der Waals surface area contributed by atoms with Crippen LogP contribution in [0.25, 0.3) is 10.9 Å². The second-order valence-electron chi connectivity index (χ2n) is 11.0. The van der Waals surface area contributed by atoms with E-state index in [0.29, 0.717) is 24.5 Å². The molecule has 0 bridgehead atoms. The van der Waals surface area contributed by atoms with Gasteiger partial charge in [0.05, 0.1) is 13.2 Å². The van der Waals surface area contributed by atoms with E-state index in [9.17, 15) is 4.79 Å². The summed E-state index contributed by atoms with van der Waals surface area (Å²) in [6, 6.07) is 17.9. The fraction of sp³-hybridized carbons (Fsp3) is 0.344. The Bertz CT molecular complexity index is 1690. The van der Waals surface area contributed by atoms with E-state index in [1.54, 1.807) is 13.3 Å². The molecule has 1 unspecified atom stereocenters. The summed E-state index contributed by atoms with van der Waals surface area (Å²) in [5.74, 6) is 1.48. The number of pyridine rings is 2. The fourth-order valence-electron chi connectivity index (χ4n) is 5.92. The van der Waals surface area contributed by atoms with E-state index in [2.05, 4.69) is 68.5 Å². The van der Waals surface area contributed by atoms with Crippen molar-refractivity contribution in [3.8, 4) is 5.75 Å². The smallest absolute Gasteiger partial charge is 0.253 e. The zero-order valence-corrected chi connectivity index (χ0v) is 23.7. The van der Waals surface area contributed by atoms with Crippen LogP contribution in [0.1, 0.15) is 71.4 Å². The van der Waals surface area contributed by atoms with Crippen LogP contribution in [-0.2, 0) is 13.1 Å². The minimum atomic E-state index is -0.498. The molecule has 3 aromatic heterocycles. The number of nitrogens with zero attached hydrogens (tertiary/aromatic N) is 6. The van der Waals surface area contributed by atoms with Crippen LogP contribution in [0.15, 0.2) is 71.8 Å². The molecule has 3 heterocycles. The second-order valence-corrected chi connectivity index (χ2v) is 11.0. The van der Waals surface area contributed by atoms with Gasteiger partial charge < -0.3 is 9.72 Å². The van der Waals surface area contributed by atoms with Crippen molar-refractivity contribution in [2.24, 2.45) is 0 Å². The first-order valence-electron chi connectivity index (χ1n) is 14.2. The van der Waals surface area contributed by atoms with E-state index in [4.69, 9.17) is 4.74 Å². The van der Waals surface area contributed by atoms with Crippen molar-refractivity contribution < 1.29 is 4.74 Å². The Balaban J connectivity index is 1.53. The van der Waals surface area contributed by atoms with Crippen molar-refractivity contribution >= 4 is 10.9 Å². The standard InChI is InChI=1S/C32H35N7O2/c1-21-15-25-17-28(32(40)34-29(25)16-22(21)2)30(31-35-36-37-39(31)26-8-4-5-9-26)38(20-24-7-6-14-33-18-24)19-23-10-12-27(41-3)13-11-23/h6-7,10-18,26,30H,4-5,8-9,19-20H2,1-3H3,(H,34,40). The van der Waals surface area contributed by atoms with E-state index in [1.165, 1.54) is 5.56 Å². The van der Waals surface area contributed by atoms with E-state index >= 15 is 0 Å². The Labute approximate surface area is 239 Å². The van der Waals surface area contributed by atoms with Crippen LogP contribution in [-0.4, -0.2) is 42.2 Å². The molecule has 0 radical (unpaired) electrons. The third kappa shape index (κ3) is 5.63. The number of hydrogen-bond donors (Lipinski definition) is 1. The summed E-state index contributed by atoms with van der Waals surface area (Å²) in [6.45, 7) is 5.26. The van der Waals surface area contributed by atoms with Crippen molar-refractivity contribution in [3.63, 3.8) is 0 Å². The Hall–Kier alpha value is -4.37. The van der Waals surface area contributed by atoms with Gasteiger partial charge in [-0.3, -0.25) is 14.7 Å². The Morgan fingerprint density at radius 1 is 1.02 bits per heavy atom. The highest BCUT2D eigenvalue weighted by Gasteiger charge is 2.33. The highest BCUT2D eigenvalue weighted by molar-refractivity contribution is 5.81. The van der Waals surface area contributed by atoms with Gasteiger partial charge in [-0.25, -0.2) is 4.68 Å². The topological polar surface area (TPSA) is 102 Å². The molecule has 1 aliphatic rings. The lowest BCUT2D eigenvalue weighted by atomic mass is 9.99. The average molecular weight is 550 g/mol. The van der Waals surface area contributed by atoms with Gasteiger partial charge in [0.25, 0.3) is 5.56 Å². The number of benzene rings is 2. The molecule has 2 aromatic carbocycles. The van der Waals surface area contributed by atoms with Crippen molar-refractivity contribution in [1.29, 1.82) is 0 Å². The minimum absolute atomic E-state index is 0.141. The van der Waals surface area contributed by atoms with Crippen LogP contribution in [0.3, 0.4) is 0 Å². The lowest BCUT2D eigenvalue weighted by Gasteiger charge is -2.32. The van der Waals surface area contributed by atoms with Gasteiger partial charge in [0.2, 0.25) is 0 Å². The van der Waals surface area contributed by atoms with Crippen LogP contribution in [0.2, 0.25) is 0 Å².